The lowest BCUT2D eigenvalue weighted by atomic mass is 9.94. The summed E-state index contributed by atoms with van der Waals surface area (Å²) in [5.41, 5.74) is 0.926. The van der Waals surface area contributed by atoms with Crippen LogP contribution >= 0.6 is 0 Å². The van der Waals surface area contributed by atoms with Gasteiger partial charge >= 0.3 is 0 Å². The number of hydrogen-bond acceptors (Lipinski definition) is 8. The van der Waals surface area contributed by atoms with Gasteiger partial charge in [0.25, 0.3) is 5.91 Å². The zero-order chi connectivity index (χ0) is 17.9. The highest BCUT2D eigenvalue weighted by molar-refractivity contribution is 5.92. The van der Waals surface area contributed by atoms with E-state index in [9.17, 15) is 4.79 Å². The molecule has 0 N–H and O–H groups in total. The van der Waals surface area contributed by atoms with Gasteiger partial charge in [-0.05, 0) is 25.7 Å². The Balaban J connectivity index is 1.41. The van der Waals surface area contributed by atoms with E-state index in [4.69, 9.17) is 9.05 Å². The standard InChI is InChI=1S/C17H18N6O3/c1-11-7-13(21-25-11)17(24)23-6-2-3-12(10-23)8-15-20-16(22-26-15)14-9-18-4-5-19-14/h4-5,7,9,12H,2-3,6,8,10H2,1H3. The summed E-state index contributed by atoms with van der Waals surface area (Å²) in [6.45, 7) is 3.12. The van der Waals surface area contributed by atoms with E-state index in [1.807, 2.05) is 4.90 Å². The SMILES string of the molecule is Cc1cc(C(=O)N2CCCC(Cc3nc(-c4cnccn4)no3)C2)no1. The van der Waals surface area contributed by atoms with Gasteiger partial charge in [-0.2, -0.15) is 4.98 Å². The molecule has 0 aliphatic carbocycles. The first kappa shape index (κ1) is 16.4. The molecule has 1 amide bonds. The van der Waals surface area contributed by atoms with Gasteiger partial charge in [0.1, 0.15) is 11.5 Å². The summed E-state index contributed by atoms with van der Waals surface area (Å²) in [6, 6.07) is 1.66. The van der Waals surface area contributed by atoms with Crippen molar-refractivity contribution in [1.82, 2.24) is 30.2 Å². The molecule has 4 rings (SSSR count). The van der Waals surface area contributed by atoms with Crippen molar-refractivity contribution < 1.29 is 13.8 Å². The molecule has 1 aliphatic rings. The Labute approximate surface area is 149 Å². The van der Waals surface area contributed by atoms with Gasteiger partial charge in [0.15, 0.2) is 5.69 Å². The Hall–Kier alpha value is -3.10. The zero-order valence-electron chi connectivity index (χ0n) is 14.3. The molecule has 3 aromatic rings. The third-order valence-corrected chi connectivity index (χ3v) is 4.38. The van der Waals surface area contributed by atoms with Crippen LogP contribution < -0.4 is 0 Å². The molecule has 1 unspecified atom stereocenters. The molecule has 26 heavy (non-hydrogen) atoms. The average molecular weight is 354 g/mol. The molecule has 3 aromatic heterocycles. The number of hydrogen-bond donors (Lipinski definition) is 0. The van der Waals surface area contributed by atoms with Crippen molar-refractivity contribution in [3.05, 3.63) is 42.0 Å². The number of carbonyl (C=O) groups is 1. The maximum atomic E-state index is 12.5. The summed E-state index contributed by atoms with van der Waals surface area (Å²) < 4.78 is 10.3. The molecule has 9 heteroatoms. The van der Waals surface area contributed by atoms with Crippen molar-refractivity contribution in [2.24, 2.45) is 5.92 Å². The molecule has 9 nitrogen and oxygen atoms in total. The number of likely N-dealkylation sites (tertiary alicyclic amines) is 1. The molecule has 1 fully saturated rings. The van der Waals surface area contributed by atoms with Crippen molar-refractivity contribution in [2.75, 3.05) is 13.1 Å². The van der Waals surface area contributed by atoms with Crippen LogP contribution in [0, 0.1) is 12.8 Å². The zero-order valence-corrected chi connectivity index (χ0v) is 14.3. The normalized spacial score (nSPS) is 17.4. The van der Waals surface area contributed by atoms with Crippen molar-refractivity contribution in [3.63, 3.8) is 0 Å². The molecule has 1 saturated heterocycles. The van der Waals surface area contributed by atoms with Crippen molar-refractivity contribution in [2.45, 2.75) is 26.2 Å². The molecular weight excluding hydrogens is 336 g/mol. The Bertz CT molecular complexity index is 891. The predicted molar refractivity (Wildman–Crippen MR) is 88.9 cm³/mol. The van der Waals surface area contributed by atoms with Gasteiger partial charge in [-0.3, -0.25) is 9.78 Å². The maximum Gasteiger partial charge on any atom is 0.276 e. The molecule has 0 radical (unpaired) electrons. The van der Waals surface area contributed by atoms with Gasteiger partial charge in [0.2, 0.25) is 11.7 Å². The second kappa shape index (κ2) is 7.03. The molecule has 0 saturated carbocycles. The number of rotatable bonds is 4. The highest BCUT2D eigenvalue weighted by Gasteiger charge is 2.27. The van der Waals surface area contributed by atoms with E-state index in [0.717, 1.165) is 19.4 Å². The summed E-state index contributed by atoms with van der Waals surface area (Å²) in [4.78, 5) is 26.9. The smallest absolute Gasteiger partial charge is 0.276 e. The van der Waals surface area contributed by atoms with Gasteiger partial charge in [0.05, 0.1) is 6.20 Å². The second-order valence-corrected chi connectivity index (χ2v) is 6.39. The lowest BCUT2D eigenvalue weighted by Gasteiger charge is -2.31. The molecule has 0 spiro atoms. The minimum Gasteiger partial charge on any atom is -0.361 e. The van der Waals surface area contributed by atoms with Crippen molar-refractivity contribution >= 4 is 5.91 Å². The van der Waals surface area contributed by atoms with E-state index < -0.39 is 0 Å². The fourth-order valence-corrected chi connectivity index (χ4v) is 3.15. The predicted octanol–water partition coefficient (Wildman–Crippen LogP) is 1.92. The van der Waals surface area contributed by atoms with Gasteiger partial charge in [0, 0.05) is 38.0 Å². The molecule has 134 valence electrons. The Kier molecular flexibility index (Phi) is 4.42. The van der Waals surface area contributed by atoms with Gasteiger partial charge < -0.3 is 13.9 Å². The third-order valence-electron chi connectivity index (χ3n) is 4.38. The topological polar surface area (TPSA) is 111 Å². The molecule has 1 aliphatic heterocycles. The van der Waals surface area contributed by atoms with Crippen LogP contribution in [0.25, 0.3) is 11.5 Å². The first-order valence-electron chi connectivity index (χ1n) is 8.50. The van der Waals surface area contributed by atoms with E-state index in [-0.39, 0.29) is 11.8 Å². The van der Waals surface area contributed by atoms with E-state index in [2.05, 4.69) is 25.3 Å². The largest absolute Gasteiger partial charge is 0.361 e. The molecule has 0 aromatic carbocycles. The number of nitrogens with zero attached hydrogens (tertiary/aromatic N) is 6. The van der Waals surface area contributed by atoms with Crippen LogP contribution in [0.15, 0.2) is 33.7 Å². The summed E-state index contributed by atoms with van der Waals surface area (Å²) >= 11 is 0. The fourth-order valence-electron chi connectivity index (χ4n) is 3.15. The highest BCUT2D eigenvalue weighted by Crippen LogP contribution is 2.22. The monoisotopic (exact) mass is 354 g/mol. The first-order chi connectivity index (χ1) is 12.7. The number of carbonyl (C=O) groups excluding carboxylic acids is 1. The number of aromatic nitrogens is 5. The Morgan fingerprint density at radius 1 is 1.31 bits per heavy atom. The minimum absolute atomic E-state index is 0.0997. The summed E-state index contributed by atoms with van der Waals surface area (Å²) in [7, 11) is 0. The van der Waals surface area contributed by atoms with Gasteiger partial charge in [-0.15, -0.1) is 0 Å². The van der Waals surface area contributed by atoms with Crippen LogP contribution in [0.5, 0.6) is 0 Å². The van der Waals surface area contributed by atoms with Crippen molar-refractivity contribution in [3.8, 4) is 11.5 Å². The van der Waals surface area contributed by atoms with Crippen molar-refractivity contribution in [1.29, 1.82) is 0 Å². The van der Waals surface area contributed by atoms with Crippen LogP contribution in [0.3, 0.4) is 0 Å². The number of piperidine rings is 1. The third kappa shape index (κ3) is 3.46. The Morgan fingerprint density at radius 3 is 3.00 bits per heavy atom. The lowest BCUT2D eigenvalue weighted by molar-refractivity contribution is 0.0657. The van der Waals surface area contributed by atoms with E-state index in [1.165, 1.54) is 0 Å². The van der Waals surface area contributed by atoms with Crippen LogP contribution in [0.2, 0.25) is 0 Å². The van der Waals surface area contributed by atoms with Crippen LogP contribution in [-0.4, -0.2) is 49.2 Å². The maximum absolute atomic E-state index is 12.5. The quantitative estimate of drug-likeness (QED) is 0.698. The summed E-state index contributed by atoms with van der Waals surface area (Å²) in [6.07, 6.45) is 7.32. The van der Waals surface area contributed by atoms with E-state index in [0.29, 0.717) is 41.8 Å². The molecule has 0 bridgehead atoms. The lowest BCUT2D eigenvalue weighted by Crippen LogP contribution is -2.40. The molecule has 4 heterocycles. The number of amides is 1. The molecule has 1 atom stereocenters. The second-order valence-electron chi connectivity index (χ2n) is 6.39. The highest BCUT2D eigenvalue weighted by atomic mass is 16.5. The van der Waals surface area contributed by atoms with E-state index in [1.54, 1.807) is 31.6 Å². The van der Waals surface area contributed by atoms with Crippen LogP contribution in [-0.2, 0) is 6.42 Å². The summed E-state index contributed by atoms with van der Waals surface area (Å²) in [5, 5.41) is 7.78. The van der Waals surface area contributed by atoms with Gasteiger partial charge in [-0.25, -0.2) is 4.98 Å². The van der Waals surface area contributed by atoms with Crippen LogP contribution in [0.1, 0.15) is 35.0 Å². The minimum atomic E-state index is -0.0997. The van der Waals surface area contributed by atoms with E-state index >= 15 is 0 Å². The Morgan fingerprint density at radius 2 is 2.23 bits per heavy atom. The summed E-state index contributed by atoms with van der Waals surface area (Å²) in [5.74, 6) is 1.76. The first-order valence-corrected chi connectivity index (χ1v) is 8.50. The fraction of sp³-hybridized carbons (Fsp3) is 0.412. The van der Waals surface area contributed by atoms with Gasteiger partial charge in [-0.1, -0.05) is 10.3 Å². The van der Waals surface area contributed by atoms with Crippen LogP contribution in [0.4, 0.5) is 0 Å². The molecular formula is C17H18N6O3. The average Bonchev–Trinajstić information content (AvgIpc) is 3.31. The number of aryl methyl sites for hydroxylation is 1.